The number of hydrogen-bond donors (Lipinski definition) is 1. The molecule has 4 heteroatoms. The standard InChI is InChI=1S/C16H22F3N/c1-11(20-14-9-6-10-15(14,2)3)12-7-4-5-8-13(12)16(17,18)19/h4-5,7-8,11,14,20H,6,9-10H2,1-3H3. The van der Waals surface area contributed by atoms with Gasteiger partial charge in [-0.15, -0.1) is 0 Å². The van der Waals surface area contributed by atoms with E-state index in [-0.39, 0.29) is 17.5 Å². The Kier molecular flexibility index (Phi) is 4.14. The summed E-state index contributed by atoms with van der Waals surface area (Å²) in [6.45, 7) is 6.18. The summed E-state index contributed by atoms with van der Waals surface area (Å²) in [5.41, 5.74) is -0.0416. The maximum atomic E-state index is 13.0. The highest BCUT2D eigenvalue weighted by Gasteiger charge is 2.37. The SMILES string of the molecule is CC(NC1CCCC1(C)C)c1ccccc1C(F)(F)F. The topological polar surface area (TPSA) is 12.0 Å². The summed E-state index contributed by atoms with van der Waals surface area (Å²) in [6.07, 6.45) is -1.00. The van der Waals surface area contributed by atoms with Crippen LogP contribution in [0.1, 0.15) is 57.2 Å². The number of nitrogens with one attached hydrogen (secondary N) is 1. The van der Waals surface area contributed by atoms with Crippen molar-refractivity contribution in [3.8, 4) is 0 Å². The normalized spacial score (nSPS) is 23.8. The molecular formula is C16H22F3N. The smallest absolute Gasteiger partial charge is 0.307 e. The van der Waals surface area contributed by atoms with E-state index in [2.05, 4.69) is 19.2 Å². The first-order chi connectivity index (χ1) is 9.22. The van der Waals surface area contributed by atoms with Gasteiger partial charge in [-0.1, -0.05) is 38.5 Å². The van der Waals surface area contributed by atoms with Gasteiger partial charge in [0, 0.05) is 12.1 Å². The molecule has 0 saturated heterocycles. The molecule has 2 atom stereocenters. The van der Waals surface area contributed by atoms with Gasteiger partial charge in [-0.25, -0.2) is 0 Å². The van der Waals surface area contributed by atoms with Crippen LogP contribution >= 0.6 is 0 Å². The minimum absolute atomic E-state index is 0.154. The van der Waals surface area contributed by atoms with Crippen LogP contribution in [-0.2, 0) is 6.18 Å². The van der Waals surface area contributed by atoms with E-state index in [0.717, 1.165) is 25.3 Å². The Labute approximate surface area is 118 Å². The van der Waals surface area contributed by atoms with Gasteiger partial charge in [-0.2, -0.15) is 13.2 Å². The van der Waals surface area contributed by atoms with Crippen molar-refractivity contribution < 1.29 is 13.2 Å². The Morgan fingerprint density at radius 3 is 2.45 bits per heavy atom. The van der Waals surface area contributed by atoms with Crippen LogP contribution < -0.4 is 5.32 Å². The van der Waals surface area contributed by atoms with Gasteiger partial charge in [0.25, 0.3) is 0 Å². The second-order valence-electron chi connectivity index (χ2n) is 6.41. The molecule has 1 aromatic rings. The fraction of sp³-hybridized carbons (Fsp3) is 0.625. The van der Waals surface area contributed by atoms with Gasteiger partial charge in [0.2, 0.25) is 0 Å². The third-order valence-electron chi connectivity index (χ3n) is 4.44. The molecule has 2 unspecified atom stereocenters. The Bertz CT molecular complexity index is 465. The second kappa shape index (κ2) is 5.40. The predicted molar refractivity (Wildman–Crippen MR) is 74.4 cm³/mol. The molecule has 2 rings (SSSR count). The molecule has 0 spiro atoms. The van der Waals surface area contributed by atoms with Crippen molar-refractivity contribution in [2.24, 2.45) is 5.41 Å². The summed E-state index contributed by atoms with van der Waals surface area (Å²) in [7, 11) is 0. The molecule has 0 amide bonds. The zero-order valence-electron chi connectivity index (χ0n) is 12.2. The molecule has 1 aliphatic carbocycles. The summed E-state index contributed by atoms with van der Waals surface area (Å²) in [5.74, 6) is 0. The molecule has 112 valence electrons. The van der Waals surface area contributed by atoms with E-state index in [9.17, 15) is 13.2 Å². The molecule has 0 aromatic heterocycles. The van der Waals surface area contributed by atoms with Crippen molar-refractivity contribution in [3.05, 3.63) is 35.4 Å². The summed E-state index contributed by atoms with van der Waals surface area (Å²) in [4.78, 5) is 0. The highest BCUT2D eigenvalue weighted by atomic mass is 19.4. The van der Waals surface area contributed by atoms with Crippen LogP contribution in [0.4, 0.5) is 13.2 Å². The van der Waals surface area contributed by atoms with Crippen LogP contribution in [0.3, 0.4) is 0 Å². The monoisotopic (exact) mass is 285 g/mol. The minimum atomic E-state index is -4.29. The molecule has 1 aromatic carbocycles. The van der Waals surface area contributed by atoms with E-state index < -0.39 is 11.7 Å². The third kappa shape index (κ3) is 3.17. The van der Waals surface area contributed by atoms with Crippen molar-refractivity contribution in [1.29, 1.82) is 0 Å². The van der Waals surface area contributed by atoms with Crippen LogP contribution in [0.2, 0.25) is 0 Å². The molecule has 0 heterocycles. The van der Waals surface area contributed by atoms with Crippen LogP contribution in [0, 0.1) is 5.41 Å². The van der Waals surface area contributed by atoms with Crippen molar-refractivity contribution in [3.63, 3.8) is 0 Å². The summed E-state index contributed by atoms with van der Waals surface area (Å²) in [5, 5.41) is 3.40. The van der Waals surface area contributed by atoms with Gasteiger partial charge in [0.15, 0.2) is 0 Å². The van der Waals surface area contributed by atoms with Gasteiger partial charge in [0.05, 0.1) is 5.56 Å². The average molecular weight is 285 g/mol. The quantitative estimate of drug-likeness (QED) is 0.830. The fourth-order valence-corrected chi connectivity index (χ4v) is 3.16. The Hall–Kier alpha value is -1.03. The fourth-order valence-electron chi connectivity index (χ4n) is 3.16. The lowest BCUT2D eigenvalue weighted by molar-refractivity contribution is -0.138. The number of benzene rings is 1. The molecule has 1 nitrogen and oxygen atoms in total. The van der Waals surface area contributed by atoms with Crippen molar-refractivity contribution in [2.75, 3.05) is 0 Å². The summed E-state index contributed by atoms with van der Waals surface area (Å²) in [6, 6.07) is 5.82. The van der Waals surface area contributed by atoms with Gasteiger partial charge in [0.1, 0.15) is 0 Å². The van der Waals surface area contributed by atoms with Gasteiger partial charge in [-0.3, -0.25) is 0 Å². The predicted octanol–water partition coefficient (Wildman–Crippen LogP) is 4.93. The third-order valence-corrected chi connectivity index (χ3v) is 4.44. The minimum Gasteiger partial charge on any atom is -0.307 e. The molecule has 1 N–H and O–H groups in total. The number of rotatable bonds is 3. The Morgan fingerprint density at radius 1 is 1.25 bits per heavy atom. The highest BCUT2D eigenvalue weighted by molar-refractivity contribution is 5.32. The van der Waals surface area contributed by atoms with E-state index in [1.165, 1.54) is 6.07 Å². The lowest BCUT2D eigenvalue weighted by Crippen LogP contribution is -2.39. The lowest BCUT2D eigenvalue weighted by Gasteiger charge is -2.31. The van der Waals surface area contributed by atoms with E-state index in [0.29, 0.717) is 5.56 Å². The van der Waals surface area contributed by atoms with Gasteiger partial charge >= 0.3 is 6.18 Å². The maximum Gasteiger partial charge on any atom is 0.416 e. The largest absolute Gasteiger partial charge is 0.416 e. The molecule has 20 heavy (non-hydrogen) atoms. The molecule has 0 aliphatic heterocycles. The second-order valence-corrected chi connectivity index (χ2v) is 6.41. The zero-order chi connectivity index (χ0) is 15.0. The zero-order valence-corrected chi connectivity index (χ0v) is 12.2. The molecule has 0 radical (unpaired) electrons. The first kappa shape index (κ1) is 15.4. The van der Waals surface area contributed by atoms with Crippen LogP contribution in [-0.4, -0.2) is 6.04 Å². The van der Waals surface area contributed by atoms with E-state index in [1.807, 2.05) is 6.92 Å². The number of alkyl halides is 3. The van der Waals surface area contributed by atoms with E-state index in [4.69, 9.17) is 0 Å². The molecule has 1 aliphatic rings. The number of hydrogen-bond acceptors (Lipinski definition) is 1. The summed E-state index contributed by atoms with van der Waals surface area (Å²) >= 11 is 0. The molecule has 0 bridgehead atoms. The Morgan fingerprint density at radius 2 is 1.90 bits per heavy atom. The van der Waals surface area contributed by atoms with Crippen LogP contribution in [0.15, 0.2) is 24.3 Å². The Balaban J connectivity index is 2.20. The number of halogens is 3. The maximum absolute atomic E-state index is 13.0. The molecule has 1 fully saturated rings. The molecular weight excluding hydrogens is 263 g/mol. The van der Waals surface area contributed by atoms with Crippen LogP contribution in [0.5, 0.6) is 0 Å². The van der Waals surface area contributed by atoms with Gasteiger partial charge < -0.3 is 5.32 Å². The first-order valence-corrected chi connectivity index (χ1v) is 7.14. The summed E-state index contributed by atoms with van der Waals surface area (Å²) < 4.78 is 39.1. The lowest BCUT2D eigenvalue weighted by atomic mass is 9.86. The van der Waals surface area contributed by atoms with Crippen LogP contribution in [0.25, 0.3) is 0 Å². The van der Waals surface area contributed by atoms with Crippen molar-refractivity contribution >= 4 is 0 Å². The van der Waals surface area contributed by atoms with E-state index >= 15 is 0 Å². The highest BCUT2D eigenvalue weighted by Crippen LogP contribution is 2.40. The van der Waals surface area contributed by atoms with Gasteiger partial charge in [-0.05, 0) is 36.8 Å². The van der Waals surface area contributed by atoms with Crippen molar-refractivity contribution in [2.45, 2.75) is 58.3 Å². The van der Waals surface area contributed by atoms with Crippen molar-refractivity contribution in [1.82, 2.24) is 5.32 Å². The average Bonchev–Trinajstić information content (AvgIpc) is 2.67. The first-order valence-electron chi connectivity index (χ1n) is 7.14. The molecule has 1 saturated carbocycles. The van der Waals surface area contributed by atoms with E-state index in [1.54, 1.807) is 12.1 Å².